The average Bonchev–Trinajstić information content (AvgIpc) is 2.28. The van der Waals surface area contributed by atoms with Crippen LogP contribution in [0.4, 0.5) is 14.5 Å². The number of anilines is 1. The molecule has 0 radical (unpaired) electrons. The number of nitriles is 1. The lowest BCUT2D eigenvalue weighted by molar-refractivity contribution is -0.128. The van der Waals surface area contributed by atoms with Crippen LogP contribution in [0.3, 0.4) is 0 Å². The summed E-state index contributed by atoms with van der Waals surface area (Å²) in [4.78, 5) is 10.7. The fourth-order valence-corrected chi connectivity index (χ4v) is 1.07. The lowest BCUT2D eigenvalue weighted by Gasteiger charge is -2.03. The van der Waals surface area contributed by atoms with E-state index in [1.54, 1.807) is 24.3 Å². The molecule has 17 heavy (non-hydrogen) atoms. The number of rotatable bonds is 4. The molecule has 1 rings (SSSR count). The number of ketones is 1. The van der Waals surface area contributed by atoms with Crippen molar-refractivity contribution in [2.24, 2.45) is 0 Å². The third-order valence-corrected chi connectivity index (χ3v) is 1.99. The number of carbonyl (C=O) groups is 1. The normalized spacial score (nSPS) is 11.2. The van der Waals surface area contributed by atoms with Crippen molar-refractivity contribution in [1.29, 1.82) is 5.26 Å². The van der Waals surface area contributed by atoms with Crippen molar-refractivity contribution in [1.82, 2.24) is 0 Å². The largest absolute Gasteiger partial charge is 0.384 e. The Morgan fingerprint density at radius 1 is 1.47 bits per heavy atom. The van der Waals surface area contributed by atoms with E-state index in [2.05, 4.69) is 16.9 Å². The van der Waals surface area contributed by atoms with Crippen LogP contribution in [0.15, 0.2) is 36.5 Å². The number of benzene rings is 1. The molecule has 6 heteroatoms. The summed E-state index contributed by atoms with van der Waals surface area (Å²) in [6, 6.07) is 8.35. The molecule has 1 aromatic rings. The van der Waals surface area contributed by atoms with E-state index < -0.39 is 11.2 Å². The van der Waals surface area contributed by atoms with Crippen molar-refractivity contribution in [3.8, 4) is 6.07 Å². The minimum Gasteiger partial charge on any atom is -0.360 e. The Balaban J connectivity index is 2.72. The Labute approximate surface area is 101 Å². The number of nitrogens with one attached hydrogen (secondary N) is 1. The van der Waals surface area contributed by atoms with Crippen LogP contribution in [0.25, 0.3) is 0 Å². The Morgan fingerprint density at radius 2 is 2.12 bits per heavy atom. The number of para-hydroxylation sites is 1. The number of halogens is 3. The average molecular weight is 257 g/mol. The van der Waals surface area contributed by atoms with Gasteiger partial charge >= 0.3 is 5.38 Å². The second-order valence-corrected chi connectivity index (χ2v) is 3.47. The highest BCUT2D eigenvalue weighted by Crippen LogP contribution is 2.20. The maximum Gasteiger partial charge on any atom is 0.384 e. The first-order valence-corrected chi connectivity index (χ1v) is 4.86. The predicted octanol–water partition coefficient (Wildman–Crippen LogP) is 2.88. The Bertz CT molecular complexity index is 489. The maximum atomic E-state index is 12.3. The van der Waals surface area contributed by atoms with E-state index in [4.69, 9.17) is 5.26 Å². The van der Waals surface area contributed by atoms with E-state index in [-0.39, 0.29) is 0 Å². The van der Waals surface area contributed by atoms with Crippen LogP contribution in [0.5, 0.6) is 0 Å². The van der Waals surface area contributed by atoms with Crippen molar-refractivity contribution < 1.29 is 13.6 Å². The van der Waals surface area contributed by atoms with E-state index in [0.29, 0.717) is 17.3 Å². The number of hydrogen-bond donors (Lipinski definition) is 1. The van der Waals surface area contributed by atoms with Gasteiger partial charge in [-0.15, -0.1) is 0 Å². The number of allylic oxidation sites excluding steroid dienone is 1. The molecule has 1 N–H and O–H groups in total. The first-order chi connectivity index (χ1) is 7.95. The summed E-state index contributed by atoms with van der Waals surface area (Å²) in [7, 11) is 0. The second-order valence-electron chi connectivity index (χ2n) is 3.00. The van der Waals surface area contributed by atoms with Crippen LogP contribution in [0, 0.1) is 11.3 Å². The van der Waals surface area contributed by atoms with Crippen LogP contribution >= 0.6 is 11.6 Å². The van der Waals surface area contributed by atoms with Crippen LogP contribution in [-0.4, -0.2) is 11.2 Å². The molecule has 3 nitrogen and oxygen atoms in total. The van der Waals surface area contributed by atoms with Crippen LogP contribution in [0.1, 0.15) is 5.56 Å². The molecule has 0 aliphatic heterocycles. The summed E-state index contributed by atoms with van der Waals surface area (Å²) in [5.41, 5.74) is 0.749. The van der Waals surface area contributed by atoms with Crippen molar-refractivity contribution in [2.45, 2.75) is 5.38 Å². The summed E-state index contributed by atoms with van der Waals surface area (Å²) in [6.45, 7) is 0. The zero-order valence-corrected chi connectivity index (χ0v) is 9.21. The molecule has 0 saturated carbocycles. The zero-order valence-electron chi connectivity index (χ0n) is 8.45. The maximum absolute atomic E-state index is 12.3. The standard InChI is InChI=1S/C11H7ClF2N2O/c12-11(13,14)10(17)5-6-16-9-4-2-1-3-8(9)7-15/h1-6,16H/b6-5+. The van der Waals surface area contributed by atoms with Gasteiger partial charge in [-0.05, 0) is 23.7 Å². The van der Waals surface area contributed by atoms with Gasteiger partial charge in [0.15, 0.2) is 0 Å². The molecule has 0 spiro atoms. The first-order valence-electron chi connectivity index (χ1n) is 4.48. The minimum absolute atomic E-state index is 0.335. The quantitative estimate of drug-likeness (QED) is 0.666. The molecule has 0 saturated heterocycles. The molecule has 0 heterocycles. The smallest absolute Gasteiger partial charge is 0.360 e. The summed E-state index contributed by atoms with van der Waals surface area (Å²) < 4.78 is 24.5. The molecule has 0 aliphatic rings. The Kier molecular flexibility index (Phi) is 4.18. The summed E-state index contributed by atoms with van der Waals surface area (Å²) in [5, 5.41) is 7.38. The van der Waals surface area contributed by atoms with Crippen molar-refractivity contribution >= 4 is 23.1 Å². The third-order valence-electron chi connectivity index (χ3n) is 1.80. The van der Waals surface area contributed by atoms with Gasteiger partial charge in [0.05, 0.1) is 11.3 Å². The fraction of sp³-hybridized carbons (Fsp3) is 0.0909. The molecule has 0 unspecified atom stereocenters. The lowest BCUT2D eigenvalue weighted by atomic mass is 10.2. The zero-order chi connectivity index (χ0) is 12.9. The van der Waals surface area contributed by atoms with Crippen molar-refractivity contribution in [3.05, 3.63) is 42.1 Å². The molecular weight excluding hydrogens is 250 g/mol. The summed E-state index contributed by atoms with van der Waals surface area (Å²) in [6.07, 6.45) is 1.62. The van der Waals surface area contributed by atoms with Gasteiger partial charge in [-0.25, -0.2) is 0 Å². The molecule has 0 fully saturated rings. The Morgan fingerprint density at radius 3 is 2.71 bits per heavy atom. The fourth-order valence-electron chi connectivity index (χ4n) is 1.01. The number of hydrogen-bond acceptors (Lipinski definition) is 3. The van der Waals surface area contributed by atoms with Gasteiger partial charge < -0.3 is 5.32 Å². The van der Waals surface area contributed by atoms with Gasteiger partial charge in [0.25, 0.3) is 0 Å². The molecule has 0 amide bonds. The van der Waals surface area contributed by atoms with Gasteiger partial charge in [-0.3, -0.25) is 4.79 Å². The van der Waals surface area contributed by atoms with Crippen LogP contribution in [-0.2, 0) is 4.79 Å². The first kappa shape index (κ1) is 13.1. The SMILES string of the molecule is N#Cc1ccccc1N/C=C/C(=O)C(F)(F)Cl. The van der Waals surface area contributed by atoms with E-state index in [0.717, 1.165) is 6.20 Å². The highest BCUT2D eigenvalue weighted by atomic mass is 35.5. The van der Waals surface area contributed by atoms with Gasteiger partial charge in [-0.2, -0.15) is 14.0 Å². The topological polar surface area (TPSA) is 52.9 Å². The van der Waals surface area contributed by atoms with Gasteiger partial charge in [-0.1, -0.05) is 12.1 Å². The third kappa shape index (κ3) is 3.85. The minimum atomic E-state index is -3.91. The highest BCUT2D eigenvalue weighted by Gasteiger charge is 2.33. The second kappa shape index (κ2) is 5.41. The molecule has 0 aliphatic carbocycles. The van der Waals surface area contributed by atoms with Crippen LogP contribution in [0.2, 0.25) is 0 Å². The molecule has 0 atom stereocenters. The number of nitrogens with zero attached hydrogens (tertiary/aromatic N) is 1. The van der Waals surface area contributed by atoms with Gasteiger partial charge in [0.1, 0.15) is 6.07 Å². The van der Waals surface area contributed by atoms with E-state index in [1.165, 1.54) is 0 Å². The lowest BCUT2D eigenvalue weighted by Crippen LogP contribution is -2.18. The molecule has 88 valence electrons. The van der Waals surface area contributed by atoms with Crippen molar-refractivity contribution in [3.63, 3.8) is 0 Å². The summed E-state index contributed by atoms with van der Waals surface area (Å²) in [5.74, 6) is -1.53. The van der Waals surface area contributed by atoms with Gasteiger partial charge in [0.2, 0.25) is 5.78 Å². The highest BCUT2D eigenvalue weighted by molar-refractivity contribution is 6.34. The Hall–Kier alpha value is -1.93. The molecule has 0 aromatic heterocycles. The van der Waals surface area contributed by atoms with Gasteiger partial charge in [0, 0.05) is 12.3 Å². The van der Waals surface area contributed by atoms with E-state index >= 15 is 0 Å². The van der Waals surface area contributed by atoms with Crippen LogP contribution < -0.4 is 5.32 Å². The monoisotopic (exact) mass is 256 g/mol. The predicted molar refractivity (Wildman–Crippen MR) is 59.7 cm³/mol. The summed E-state index contributed by atoms with van der Waals surface area (Å²) >= 11 is 4.51. The van der Waals surface area contributed by atoms with E-state index in [9.17, 15) is 13.6 Å². The van der Waals surface area contributed by atoms with Crippen molar-refractivity contribution in [2.75, 3.05) is 5.32 Å². The molecular formula is C11H7ClF2N2O. The number of carbonyl (C=O) groups excluding carboxylic acids is 1. The molecule has 0 bridgehead atoms. The van der Waals surface area contributed by atoms with E-state index in [1.807, 2.05) is 6.07 Å². The number of alkyl halides is 3. The molecule has 1 aromatic carbocycles.